The Labute approximate surface area is 85.9 Å². The molecule has 0 aromatic carbocycles. The largest absolute Gasteiger partial charge is 0.376 e. The average molecular weight is 199 g/mol. The zero-order chi connectivity index (χ0) is 9.80. The predicted octanol–water partition coefficient (Wildman–Crippen LogP) is 1.45. The van der Waals surface area contributed by atoms with Gasteiger partial charge >= 0.3 is 0 Å². The Bertz CT molecular complexity index is 169. The van der Waals surface area contributed by atoms with Crippen LogP contribution in [0.5, 0.6) is 0 Å². The molecule has 0 spiro atoms. The maximum absolute atomic E-state index is 5.90. The van der Waals surface area contributed by atoms with E-state index >= 15 is 0 Å². The van der Waals surface area contributed by atoms with Gasteiger partial charge in [-0.05, 0) is 38.5 Å². The Hall–Kier alpha value is -0.120. The molecule has 0 amide bonds. The van der Waals surface area contributed by atoms with Gasteiger partial charge in [-0.2, -0.15) is 0 Å². The molecule has 0 aromatic heterocycles. The van der Waals surface area contributed by atoms with Gasteiger partial charge in [0.05, 0.1) is 18.8 Å². The summed E-state index contributed by atoms with van der Waals surface area (Å²) < 4.78 is 11.3. The van der Waals surface area contributed by atoms with Crippen molar-refractivity contribution < 1.29 is 9.47 Å². The summed E-state index contributed by atoms with van der Waals surface area (Å²) in [5.74, 6) is 0. The van der Waals surface area contributed by atoms with Crippen molar-refractivity contribution in [3.63, 3.8) is 0 Å². The molecule has 3 heteroatoms. The monoisotopic (exact) mass is 199 g/mol. The van der Waals surface area contributed by atoms with Crippen molar-refractivity contribution in [1.29, 1.82) is 0 Å². The van der Waals surface area contributed by atoms with Gasteiger partial charge in [-0.3, -0.25) is 0 Å². The molecular weight excluding hydrogens is 178 g/mol. The minimum absolute atomic E-state index is 0.355. The van der Waals surface area contributed by atoms with Crippen molar-refractivity contribution in [1.82, 2.24) is 0 Å². The predicted molar refractivity (Wildman–Crippen MR) is 55.2 cm³/mol. The first-order chi connectivity index (χ1) is 6.84. The van der Waals surface area contributed by atoms with Crippen molar-refractivity contribution >= 4 is 0 Å². The number of nitrogens with two attached hydrogens (primary N) is 1. The maximum atomic E-state index is 5.90. The van der Waals surface area contributed by atoms with Gasteiger partial charge in [0.1, 0.15) is 0 Å². The summed E-state index contributed by atoms with van der Waals surface area (Å²) in [5.41, 5.74) is 5.90. The van der Waals surface area contributed by atoms with Gasteiger partial charge in [-0.25, -0.2) is 0 Å². The van der Waals surface area contributed by atoms with E-state index in [1.54, 1.807) is 0 Å². The highest BCUT2D eigenvalue weighted by Crippen LogP contribution is 2.21. The normalized spacial score (nSPS) is 38.8. The van der Waals surface area contributed by atoms with Crippen molar-refractivity contribution in [2.45, 2.75) is 56.8 Å². The maximum Gasteiger partial charge on any atom is 0.0809 e. The van der Waals surface area contributed by atoms with Crippen LogP contribution in [0.2, 0.25) is 0 Å². The highest BCUT2D eigenvalue weighted by Gasteiger charge is 2.22. The molecule has 0 radical (unpaired) electrons. The lowest BCUT2D eigenvalue weighted by Crippen LogP contribution is -2.33. The molecule has 1 heterocycles. The fourth-order valence-electron chi connectivity index (χ4n) is 2.35. The van der Waals surface area contributed by atoms with Crippen LogP contribution in [0, 0.1) is 0 Å². The molecule has 0 bridgehead atoms. The lowest BCUT2D eigenvalue weighted by Gasteiger charge is -2.27. The summed E-state index contributed by atoms with van der Waals surface area (Å²) >= 11 is 0. The standard InChI is InChI=1S/C11H21NO2/c12-9-3-1-4-10(7-9)14-8-11-5-2-6-13-11/h9-11H,1-8,12H2. The molecule has 82 valence electrons. The van der Waals surface area contributed by atoms with Gasteiger partial charge in [0.25, 0.3) is 0 Å². The number of ether oxygens (including phenoxy) is 2. The molecule has 3 unspecified atom stereocenters. The second-order valence-corrected chi connectivity index (χ2v) is 4.52. The van der Waals surface area contributed by atoms with E-state index in [1.807, 2.05) is 0 Å². The van der Waals surface area contributed by atoms with E-state index in [0.29, 0.717) is 18.2 Å². The van der Waals surface area contributed by atoms with Crippen LogP contribution in [-0.4, -0.2) is 31.5 Å². The van der Waals surface area contributed by atoms with Crippen LogP contribution in [0.4, 0.5) is 0 Å². The minimum atomic E-state index is 0.355. The van der Waals surface area contributed by atoms with E-state index in [9.17, 15) is 0 Å². The minimum Gasteiger partial charge on any atom is -0.376 e. The summed E-state index contributed by atoms with van der Waals surface area (Å²) in [7, 11) is 0. The Morgan fingerprint density at radius 2 is 2.14 bits per heavy atom. The van der Waals surface area contributed by atoms with Crippen LogP contribution >= 0.6 is 0 Å². The Morgan fingerprint density at radius 3 is 2.86 bits per heavy atom. The van der Waals surface area contributed by atoms with Crippen LogP contribution in [-0.2, 0) is 9.47 Å². The summed E-state index contributed by atoms with van der Waals surface area (Å²) in [5, 5.41) is 0. The van der Waals surface area contributed by atoms with Gasteiger partial charge in [-0.15, -0.1) is 0 Å². The van der Waals surface area contributed by atoms with E-state index in [0.717, 1.165) is 19.6 Å². The molecule has 1 saturated carbocycles. The quantitative estimate of drug-likeness (QED) is 0.748. The fourth-order valence-corrected chi connectivity index (χ4v) is 2.35. The Balaban J connectivity index is 1.64. The van der Waals surface area contributed by atoms with E-state index in [2.05, 4.69) is 0 Å². The van der Waals surface area contributed by atoms with Crippen LogP contribution in [0.25, 0.3) is 0 Å². The Kier molecular flexibility index (Phi) is 3.79. The molecule has 3 nitrogen and oxygen atoms in total. The van der Waals surface area contributed by atoms with Gasteiger partial charge in [0.2, 0.25) is 0 Å². The second-order valence-electron chi connectivity index (χ2n) is 4.52. The number of rotatable bonds is 3. The SMILES string of the molecule is NC1CCCC(OCC2CCCO2)C1. The molecule has 2 fully saturated rings. The molecule has 2 rings (SSSR count). The molecule has 2 N–H and O–H groups in total. The lowest BCUT2D eigenvalue weighted by molar-refractivity contribution is -0.0348. The molecule has 2 aliphatic rings. The summed E-state index contributed by atoms with van der Waals surface area (Å²) in [6.45, 7) is 1.69. The van der Waals surface area contributed by atoms with Gasteiger partial charge in [0.15, 0.2) is 0 Å². The van der Waals surface area contributed by atoms with Gasteiger partial charge in [0, 0.05) is 12.6 Å². The van der Waals surface area contributed by atoms with E-state index in [1.165, 1.54) is 32.1 Å². The van der Waals surface area contributed by atoms with Gasteiger partial charge in [-0.1, -0.05) is 0 Å². The highest BCUT2D eigenvalue weighted by atomic mass is 16.5. The van der Waals surface area contributed by atoms with Crippen LogP contribution < -0.4 is 5.73 Å². The first-order valence-electron chi connectivity index (χ1n) is 5.83. The van der Waals surface area contributed by atoms with Crippen molar-refractivity contribution in [3.8, 4) is 0 Å². The van der Waals surface area contributed by atoms with Crippen LogP contribution in [0.3, 0.4) is 0 Å². The summed E-state index contributed by atoms with van der Waals surface area (Å²) in [6.07, 6.45) is 7.71. The van der Waals surface area contributed by atoms with E-state index in [-0.39, 0.29) is 0 Å². The Morgan fingerprint density at radius 1 is 1.21 bits per heavy atom. The van der Waals surface area contributed by atoms with Crippen molar-refractivity contribution in [3.05, 3.63) is 0 Å². The topological polar surface area (TPSA) is 44.5 Å². The second kappa shape index (κ2) is 5.10. The van der Waals surface area contributed by atoms with E-state index < -0.39 is 0 Å². The number of hydrogen-bond donors (Lipinski definition) is 1. The highest BCUT2D eigenvalue weighted by molar-refractivity contribution is 4.76. The summed E-state index contributed by atoms with van der Waals surface area (Å²) in [6, 6.07) is 0.359. The third-order valence-corrected chi connectivity index (χ3v) is 3.21. The van der Waals surface area contributed by atoms with Gasteiger partial charge < -0.3 is 15.2 Å². The molecular formula is C11H21NO2. The molecule has 14 heavy (non-hydrogen) atoms. The first kappa shape index (κ1) is 10.4. The lowest BCUT2D eigenvalue weighted by atomic mass is 9.93. The van der Waals surface area contributed by atoms with E-state index in [4.69, 9.17) is 15.2 Å². The van der Waals surface area contributed by atoms with Crippen molar-refractivity contribution in [2.24, 2.45) is 5.73 Å². The fraction of sp³-hybridized carbons (Fsp3) is 1.00. The van der Waals surface area contributed by atoms with Crippen LogP contribution in [0.15, 0.2) is 0 Å². The number of hydrogen-bond acceptors (Lipinski definition) is 3. The molecule has 1 aliphatic heterocycles. The van der Waals surface area contributed by atoms with Crippen LogP contribution in [0.1, 0.15) is 38.5 Å². The third-order valence-electron chi connectivity index (χ3n) is 3.21. The molecule has 1 saturated heterocycles. The third kappa shape index (κ3) is 2.94. The molecule has 0 aromatic rings. The summed E-state index contributed by atoms with van der Waals surface area (Å²) in [4.78, 5) is 0. The zero-order valence-corrected chi connectivity index (χ0v) is 8.78. The smallest absolute Gasteiger partial charge is 0.0809 e. The molecule has 1 aliphatic carbocycles. The average Bonchev–Trinajstić information content (AvgIpc) is 2.67. The zero-order valence-electron chi connectivity index (χ0n) is 8.78. The first-order valence-corrected chi connectivity index (χ1v) is 5.83. The molecule has 3 atom stereocenters. The van der Waals surface area contributed by atoms with Crippen molar-refractivity contribution in [2.75, 3.05) is 13.2 Å².